The number of pyridine rings is 1. The van der Waals surface area contributed by atoms with Gasteiger partial charge in [-0.25, -0.2) is 4.98 Å². The molecule has 3 rings (SSSR count). The van der Waals surface area contributed by atoms with Crippen LogP contribution in [0, 0.1) is 13.8 Å². The summed E-state index contributed by atoms with van der Waals surface area (Å²) in [5.74, 6) is -0.0793. The number of carbonyl (C=O) groups is 1. The Balaban J connectivity index is 1.87. The molecule has 158 valence electrons. The van der Waals surface area contributed by atoms with Crippen molar-refractivity contribution in [2.75, 3.05) is 5.32 Å². The smallest absolute Gasteiger partial charge is 0.399 e. The van der Waals surface area contributed by atoms with Crippen LogP contribution in [0.3, 0.4) is 0 Å². The van der Waals surface area contributed by atoms with E-state index in [-0.39, 0.29) is 5.56 Å². The van der Waals surface area contributed by atoms with Gasteiger partial charge in [-0.3, -0.25) is 4.79 Å². The summed E-state index contributed by atoms with van der Waals surface area (Å²) in [6.07, 6.45) is -1.62. The van der Waals surface area contributed by atoms with Gasteiger partial charge in [-0.2, -0.15) is 13.2 Å². The van der Waals surface area contributed by atoms with Crippen LogP contribution in [0.1, 0.15) is 34.1 Å². The molecule has 1 aromatic carbocycles. The minimum Gasteiger partial charge on any atom is -0.399 e. The molecule has 1 amide bonds. The topological polar surface area (TPSA) is 71.2 Å². The molecule has 0 saturated carbocycles. The normalized spacial score (nSPS) is 16.8. The molecule has 1 aromatic heterocycles. The van der Waals surface area contributed by atoms with Crippen molar-refractivity contribution in [3.8, 4) is 0 Å². The van der Waals surface area contributed by atoms with Gasteiger partial charge < -0.3 is 16.0 Å². The van der Waals surface area contributed by atoms with Gasteiger partial charge in [0, 0.05) is 11.9 Å². The predicted octanol–water partition coefficient (Wildman–Crippen LogP) is 5.01. The fraction of sp³-hybridized carbons (Fsp3) is 0.238. The maximum Gasteiger partial charge on any atom is 0.417 e. The standard InChI is InChI=1S/C21H20ClF3N4O/c1-11-9-12(2)27-17(10-11)28-16-7-8-29(13(3)19(16)26)20(30)14-5-4-6-15(18(14)22)21(23,24)25/h4-10,13H,26H2,1-3H3,(H,27,28). The van der Waals surface area contributed by atoms with Crippen LogP contribution in [-0.2, 0) is 6.18 Å². The van der Waals surface area contributed by atoms with Gasteiger partial charge in [0.25, 0.3) is 5.91 Å². The van der Waals surface area contributed by atoms with Crippen LogP contribution < -0.4 is 11.1 Å². The summed E-state index contributed by atoms with van der Waals surface area (Å²) in [5, 5.41) is 2.49. The molecule has 0 bridgehead atoms. The zero-order valence-corrected chi connectivity index (χ0v) is 17.3. The molecule has 9 heteroatoms. The average Bonchev–Trinajstić information content (AvgIpc) is 2.63. The SMILES string of the molecule is Cc1cc(C)nc(NC2=C(N)C(C)N(C(=O)c3cccc(C(F)(F)F)c3Cl)C=C2)c1. The monoisotopic (exact) mass is 436 g/mol. The summed E-state index contributed by atoms with van der Waals surface area (Å²) in [5.41, 5.74) is 7.67. The van der Waals surface area contributed by atoms with Gasteiger partial charge in [0.15, 0.2) is 0 Å². The number of hydrogen-bond donors (Lipinski definition) is 2. The summed E-state index contributed by atoms with van der Waals surface area (Å²) in [4.78, 5) is 18.6. The molecule has 1 aliphatic rings. The average molecular weight is 437 g/mol. The third kappa shape index (κ3) is 4.28. The second kappa shape index (κ2) is 8.02. The van der Waals surface area contributed by atoms with Gasteiger partial charge >= 0.3 is 6.18 Å². The second-order valence-electron chi connectivity index (χ2n) is 7.03. The van der Waals surface area contributed by atoms with Crippen LogP contribution >= 0.6 is 11.6 Å². The summed E-state index contributed by atoms with van der Waals surface area (Å²) < 4.78 is 39.4. The lowest BCUT2D eigenvalue weighted by Gasteiger charge is -2.31. The van der Waals surface area contributed by atoms with E-state index < -0.39 is 28.7 Å². The molecule has 1 unspecified atom stereocenters. The Morgan fingerprint density at radius 3 is 2.60 bits per heavy atom. The number of anilines is 1. The highest BCUT2D eigenvalue weighted by atomic mass is 35.5. The molecule has 0 radical (unpaired) electrons. The van der Waals surface area contributed by atoms with Crippen LogP contribution in [0.5, 0.6) is 0 Å². The number of nitrogens with zero attached hydrogens (tertiary/aromatic N) is 2. The first-order valence-corrected chi connectivity index (χ1v) is 9.45. The van der Waals surface area contributed by atoms with E-state index in [9.17, 15) is 18.0 Å². The summed E-state index contributed by atoms with van der Waals surface area (Å²) >= 11 is 5.90. The summed E-state index contributed by atoms with van der Waals surface area (Å²) in [6, 6.07) is 6.42. The Kier molecular flexibility index (Phi) is 5.81. The Labute approximate surface area is 177 Å². The molecule has 5 nitrogen and oxygen atoms in total. The van der Waals surface area contributed by atoms with Crippen molar-refractivity contribution in [1.29, 1.82) is 0 Å². The third-order valence-electron chi connectivity index (χ3n) is 4.71. The molecular formula is C21H20ClF3N4O. The fourth-order valence-corrected chi connectivity index (χ4v) is 3.52. The quantitative estimate of drug-likeness (QED) is 0.709. The van der Waals surface area contributed by atoms with Gasteiger partial charge in [-0.1, -0.05) is 17.7 Å². The van der Waals surface area contributed by atoms with E-state index in [1.807, 2.05) is 26.0 Å². The summed E-state index contributed by atoms with van der Waals surface area (Å²) in [6.45, 7) is 5.49. The van der Waals surface area contributed by atoms with Crippen LogP contribution in [0.2, 0.25) is 5.02 Å². The first-order chi connectivity index (χ1) is 14.0. The number of hydrogen-bond acceptors (Lipinski definition) is 4. The minimum atomic E-state index is -4.66. The lowest BCUT2D eigenvalue weighted by molar-refractivity contribution is -0.137. The Morgan fingerprint density at radius 2 is 1.97 bits per heavy atom. The van der Waals surface area contributed by atoms with Gasteiger partial charge in [0.2, 0.25) is 0 Å². The molecule has 0 spiro atoms. The third-order valence-corrected chi connectivity index (χ3v) is 5.12. The zero-order chi connectivity index (χ0) is 22.2. The van der Waals surface area contributed by atoms with Crippen molar-refractivity contribution in [1.82, 2.24) is 9.88 Å². The van der Waals surface area contributed by atoms with E-state index in [4.69, 9.17) is 17.3 Å². The Morgan fingerprint density at radius 1 is 1.27 bits per heavy atom. The molecule has 0 fully saturated rings. The molecule has 30 heavy (non-hydrogen) atoms. The van der Waals surface area contributed by atoms with E-state index >= 15 is 0 Å². The highest BCUT2D eigenvalue weighted by Crippen LogP contribution is 2.37. The van der Waals surface area contributed by atoms with E-state index in [1.165, 1.54) is 17.2 Å². The molecule has 2 aromatic rings. The number of aromatic nitrogens is 1. The van der Waals surface area contributed by atoms with Gasteiger partial charge in [-0.15, -0.1) is 0 Å². The number of amides is 1. The molecular weight excluding hydrogens is 417 g/mol. The van der Waals surface area contributed by atoms with Crippen molar-refractivity contribution < 1.29 is 18.0 Å². The number of rotatable bonds is 3. The number of halogens is 4. The molecule has 2 heterocycles. The van der Waals surface area contributed by atoms with Crippen LogP contribution in [0.4, 0.5) is 19.0 Å². The van der Waals surface area contributed by atoms with E-state index in [0.29, 0.717) is 17.2 Å². The van der Waals surface area contributed by atoms with Crippen molar-refractivity contribution >= 4 is 23.3 Å². The molecule has 3 N–H and O–H groups in total. The molecule has 1 aliphatic heterocycles. The molecule has 0 saturated heterocycles. The van der Waals surface area contributed by atoms with Crippen molar-refractivity contribution in [2.45, 2.75) is 33.0 Å². The van der Waals surface area contributed by atoms with Gasteiger partial charge in [0.05, 0.1) is 33.6 Å². The highest BCUT2D eigenvalue weighted by molar-refractivity contribution is 6.34. The van der Waals surface area contributed by atoms with E-state index in [1.54, 1.807) is 13.0 Å². The van der Waals surface area contributed by atoms with E-state index in [0.717, 1.165) is 23.4 Å². The molecule has 1 atom stereocenters. The van der Waals surface area contributed by atoms with Crippen molar-refractivity contribution in [3.05, 3.63) is 81.4 Å². The number of carbonyl (C=O) groups excluding carboxylic acids is 1. The van der Waals surface area contributed by atoms with Gasteiger partial charge in [-0.05, 0) is 56.7 Å². The lowest BCUT2D eigenvalue weighted by atomic mass is 10.0. The summed E-state index contributed by atoms with van der Waals surface area (Å²) in [7, 11) is 0. The second-order valence-corrected chi connectivity index (χ2v) is 7.41. The first kappa shape index (κ1) is 21.7. The number of aryl methyl sites for hydroxylation is 2. The fourth-order valence-electron chi connectivity index (χ4n) is 3.21. The van der Waals surface area contributed by atoms with E-state index in [2.05, 4.69) is 10.3 Å². The number of benzene rings is 1. The maximum atomic E-state index is 13.1. The Bertz CT molecular complexity index is 1040. The van der Waals surface area contributed by atoms with Crippen molar-refractivity contribution in [3.63, 3.8) is 0 Å². The largest absolute Gasteiger partial charge is 0.417 e. The number of nitrogens with one attached hydrogen (secondary N) is 1. The lowest BCUT2D eigenvalue weighted by Crippen LogP contribution is -2.41. The van der Waals surface area contributed by atoms with Crippen LogP contribution in [0.25, 0.3) is 0 Å². The minimum absolute atomic E-state index is 0.247. The number of alkyl halides is 3. The van der Waals surface area contributed by atoms with Gasteiger partial charge in [0.1, 0.15) is 5.82 Å². The number of nitrogens with two attached hydrogens (primary N) is 1. The Hall–Kier alpha value is -3.00. The van der Waals surface area contributed by atoms with Crippen LogP contribution in [-0.4, -0.2) is 21.8 Å². The maximum absolute atomic E-state index is 13.1. The predicted molar refractivity (Wildman–Crippen MR) is 110 cm³/mol. The zero-order valence-electron chi connectivity index (χ0n) is 16.5. The van der Waals surface area contributed by atoms with Crippen LogP contribution in [0.15, 0.2) is 54.0 Å². The first-order valence-electron chi connectivity index (χ1n) is 9.07. The van der Waals surface area contributed by atoms with Crippen molar-refractivity contribution in [2.24, 2.45) is 5.73 Å². The highest BCUT2D eigenvalue weighted by Gasteiger charge is 2.36. The molecule has 0 aliphatic carbocycles. The number of allylic oxidation sites excluding steroid dienone is 1.